The standard InChI is InChI=1S/C16H22N2O3S/c1-21-16(20)13-7-5-10-18(13)11-9-15(19)17-12-6-3-4-8-14(12)22-2/h3-4,6,8,13H,5,7,9-11H2,1-2H3,(H,17,19). The van der Waals surface area contributed by atoms with Gasteiger partial charge in [0.25, 0.3) is 0 Å². The normalized spacial score (nSPS) is 18.2. The molecule has 0 radical (unpaired) electrons. The van der Waals surface area contributed by atoms with Crippen LogP contribution in [0.3, 0.4) is 0 Å². The van der Waals surface area contributed by atoms with Crippen LogP contribution in [0.2, 0.25) is 0 Å². The predicted molar refractivity (Wildman–Crippen MR) is 88.1 cm³/mol. The summed E-state index contributed by atoms with van der Waals surface area (Å²) in [7, 11) is 1.41. The summed E-state index contributed by atoms with van der Waals surface area (Å²) in [6, 6.07) is 7.54. The summed E-state index contributed by atoms with van der Waals surface area (Å²) in [5.74, 6) is -0.234. The zero-order valence-corrected chi connectivity index (χ0v) is 13.8. The maximum Gasteiger partial charge on any atom is 0.323 e. The number of benzene rings is 1. The molecule has 1 atom stereocenters. The van der Waals surface area contributed by atoms with E-state index in [4.69, 9.17) is 4.74 Å². The van der Waals surface area contributed by atoms with Gasteiger partial charge in [-0.3, -0.25) is 14.5 Å². The number of carbonyl (C=O) groups excluding carboxylic acids is 2. The Morgan fingerprint density at radius 1 is 1.41 bits per heavy atom. The highest BCUT2D eigenvalue weighted by Crippen LogP contribution is 2.25. The Bertz CT molecular complexity index is 536. The van der Waals surface area contributed by atoms with Crippen LogP contribution >= 0.6 is 11.8 Å². The fraction of sp³-hybridized carbons (Fsp3) is 0.500. The third kappa shape index (κ3) is 4.24. The fourth-order valence-corrected chi connectivity index (χ4v) is 3.26. The number of rotatable bonds is 6. The number of esters is 1. The molecule has 1 heterocycles. The molecule has 1 aromatic rings. The van der Waals surface area contributed by atoms with Gasteiger partial charge < -0.3 is 10.1 Å². The first-order chi connectivity index (χ1) is 10.7. The third-order valence-corrected chi connectivity index (χ3v) is 4.64. The van der Waals surface area contributed by atoms with Gasteiger partial charge in [0.05, 0.1) is 12.8 Å². The van der Waals surface area contributed by atoms with Gasteiger partial charge in [0, 0.05) is 17.9 Å². The minimum atomic E-state index is -0.203. The second-order valence-corrected chi connectivity index (χ2v) is 6.06. The summed E-state index contributed by atoms with van der Waals surface area (Å²) in [6.07, 6.45) is 4.13. The number of likely N-dealkylation sites (tertiary alicyclic amines) is 1. The number of hydrogen-bond donors (Lipinski definition) is 1. The number of carbonyl (C=O) groups is 2. The molecule has 2 rings (SSSR count). The molecule has 5 nitrogen and oxygen atoms in total. The molecule has 0 spiro atoms. The van der Waals surface area contributed by atoms with Crippen molar-refractivity contribution >= 4 is 29.3 Å². The van der Waals surface area contributed by atoms with E-state index in [9.17, 15) is 9.59 Å². The molecule has 1 saturated heterocycles. The lowest BCUT2D eigenvalue weighted by molar-refractivity contribution is -0.146. The van der Waals surface area contributed by atoms with Gasteiger partial charge in [-0.1, -0.05) is 12.1 Å². The molecule has 22 heavy (non-hydrogen) atoms. The van der Waals surface area contributed by atoms with E-state index in [1.165, 1.54) is 7.11 Å². The van der Waals surface area contributed by atoms with Crippen molar-refractivity contribution in [2.24, 2.45) is 0 Å². The topological polar surface area (TPSA) is 58.6 Å². The van der Waals surface area contributed by atoms with Crippen LogP contribution in [0.1, 0.15) is 19.3 Å². The summed E-state index contributed by atoms with van der Waals surface area (Å²) in [5.41, 5.74) is 0.839. The van der Waals surface area contributed by atoms with Crippen molar-refractivity contribution < 1.29 is 14.3 Å². The number of thioether (sulfide) groups is 1. The molecule has 1 N–H and O–H groups in total. The Labute approximate surface area is 135 Å². The van der Waals surface area contributed by atoms with Crippen molar-refractivity contribution in [3.05, 3.63) is 24.3 Å². The number of anilines is 1. The van der Waals surface area contributed by atoms with Crippen LogP contribution in [0.4, 0.5) is 5.69 Å². The van der Waals surface area contributed by atoms with E-state index in [2.05, 4.69) is 5.32 Å². The molecule has 1 aromatic carbocycles. The van der Waals surface area contributed by atoms with Gasteiger partial charge in [-0.15, -0.1) is 11.8 Å². The second-order valence-electron chi connectivity index (χ2n) is 5.22. The lowest BCUT2D eigenvalue weighted by atomic mass is 10.2. The van der Waals surface area contributed by atoms with Crippen LogP contribution in [-0.4, -0.2) is 49.3 Å². The van der Waals surface area contributed by atoms with Crippen LogP contribution in [-0.2, 0) is 14.3 Å². The molecule has 0 saturated carbocycles. The Morgan fingerprint density at radius 2 is 2.18 bits per heavy atom. The van der Waals surface area contributed by atoms with E-state index in [1.807, 2.05) is 35.4 Å². The lowest BCUT2D eigenvalue weighted by Crippen LogP contribution is -2.38. The summed E-state index contributed by atoms with van der Waals surface area (Å²) in [4.78, 5) is 26.9. The molecule has 6 heteroatoms. The number of ether oxygens (including phenoxy) is 1. The van der Waals surface area contributed by atoms with Gasteiger partial charge in [-0.25, -0.2) is 0 Å². The molecule has 0 aliphatic carbocycles. The summed E-state index contributed by atoms with van der Waals surface area (Å²) < 4.78 is 4.81. The molecule has 1 unspecified atom stereocenters. The van der Waals surface area contributed by atoms with E-state index in [0.29, 0.717) is 13.0 Å². The fourth-order valence-electron chi connectivity index (χ4n) is 2.70. The summed E-state index contributed by atoms with van der Waals surface area (Å²) in [5, 5.41) is 2.94. The van der Waals surface area contributed by atoms with E-state index >= 15 is 0 Å². The minimum Gasteiger partial charge on any atom is -0.468 e. The number of amides is 1. The van der Waals surface area contributed by atoms with Gasteiger partial charge in [-0.2, -0.15) is 0 Å². The monoisotopic (exact) mass is 322 g/mol. The Hall–Kier alpha value is -1.53. The first kappa shape index (κ1) is 16.8. The highest BCUT2D eigenvalue weighted by atomic mass is 32.2. The molecule has 0 aromatic heterocycles. The predicted octanol–water partition coefficient (Wildman–Crippen LogP) is 2.37. The van der Waals surface area contributed by atoms with E-state index in [1.54, 1.807) is 11.8 Å². The van der Waals surface area contributed by atoms with E-state index in [0.717, 1.165) is 30.0 Å². The lowest BCUT2D eigenvalue weighted by Gasteiger charge is -2.21. The Kier molecular flexibility index (Phi) is 6.27. The smallest absolute Gasteiger partial charge is 0.323 e. The van der Waals surface area contributed by atoms with Gasteiger partial charge in [0.2, 0.25) is 5.91 Å². The summed E-state index contributed by atoms with van der Waals surface area (Å²) >= 11 is 1.60. The maximum atomic E-state index is 12.1. The highest BCUT2D eigenvalue weighted by Gasteiger charge is 2.31. The number of nitrogens with one attached hydrogen (secondary N) is 1. The van der Waals surface area contributed by atoms with Crippen LogP contribution in [0.25, 0.3) is 0 Å². The average Bonchev–Trinajstić information content (AvgIpc) is 3.01. The van der Waals surface area contributed by atoms with Crippen molar-refractivity contribution in [2.45, 2.75) is 30.2 Å². The molecular formula is C16H22N2O3S. The number of para-hydroxylation sites is 1. The molecule has 1 fully saturated rings. The van der Waals surface area contributed by atoms with Crippen LogP contribution in [0, 0.1) is 0 Å². The van der Waals surface area contributed by atoms with Gasteiger partial charge in [0.1, 0.15) is 6.04 Å². The van der Waals surface area contributed by atoms with E-state index in [-0.39, 0.29) is 17.9 Å². The van der Waals surface area contributed by atoms with Crippen molar-refractivity contribution in [2.75, 3.05) is 31.8 Å². The largest absolute Gasteiger partial charge is 0.468 e. The summed E-state index contributed by atoms with van der Waals surface area (Å²) in [6.45, 7) is 1.42. The molecule has 120 valence electrons. The zero-order chi connectivity index (χ0) is 15.9. The van der Waals surface area contributed by atoms with Crippen molar-refractivity contribution in [1.82, 2.24) is 4.90 Å². The molecule has 1 amide bonds. The first-order valence-corrected chi connectivity index (χ1v) is 8.63. The average molecular weight is 322 g/mol. The van der Waals surface area contributed by atoms with Gasteiger partial charge >= 0.3 is 5.97 Å². The molecule has 1 aliphatic rings. The molecular weight excluding hydrogens is 300 g/mol. The van der Waals surface area contributed by atoms with Crippen molar-refractivity contribution in [3.8, 4) is 0 Å². The SMILES string of the molecule is COC(=O)C1CCCN1CCC(=O)Nc1ccccc1SC. The maximum absolute atomic E-state index is 12.1. The van der Waals surface area contributed by atoms with Crippen molar-refractivity contribution in [3.63, 3.8) is 0 Å². The Balaban J connectivity index is 1.86. The van der Waals surface area contributed by atoms with E-state index < -0.39 is 0 Å². The van der Waals surface area contributed by atoms with Crippen molar-refractivity contribution in [1.29, 1.82) is 0 Å². The third-order valence-electron chi connectivity index (χ3n) is 3.84. The van der Waals surface area contributed by atoms with Crippen LogP contribution in [0.5, 0.6) is 0 Å². The quantitative estimate of drug-likeness (QED) is 0.644. The first-order valence-electron chi connectivity index (χ1n) is 7.40. The second kappa shape index (κ2) is 8.19. The van der Waals surface area contributed by atoms with Crippen LogP contribution in [0.15, 0.2) is 29.2 Å². The van der Waals surface area contributed by atoms with Crippen LogP contribution < -0.4 is 5.32 Å². The highest BCUT2D eigenvalue weighted by molar-refractivity contribution is 7.98. The minimum absolute atomic E-state index is 0.0305. The number of methoxy groups -OCH3 is 1. The molecule has 0 bridgehead atoms. The van der Waals surface area contributed by atoms with Gasteiger partial charge in [0.15, 0.2) is 0 Å². The number of hydrogen-bond acceptors (Lipinski definition) is 5. The van der Waals surface area contributed by atoms with Gasteiger partial charge in [-0.05, 0) is 37.8 Å². The molecule has 1 aliphatic heterocycles. The Morgan fingerprint density at radius 3 is 2.91 bits per heavy atom. The zero-order valence-electron chi connectivity index (χ0n) is 13.0. The number of nitrogens with zero attached hydrogens (tertiary/aromatic N) is 1.